The molecular weight excluding hydrogens is 254 g/mol. The molecule has 0 saturated heterocycles. The zero-order chi connectivity index (χ0) is 11.2. The van der Waals surface area contributed by atoms with E-state index in [0.29, 0.717) is 11.5 Å². The molecule has 4 heteroatoms. The Morgan fingerprint density at radius 1 is 1.53 bits per heavy atom. The summed E-state index contributed by atoms with van der Waals surface area (Å²) >= 11 is 3.48. The van der Waals surface area contributed by atoms with Crippen molar-refractivity contribution < 1.29 is 0 Å². The Morgan fingerprint density at radius 3 is 2.60 bits per heavy atom. The van der Waals surface area contributed by atoms with Gasteiger partial charge in [-0.25, -0.2) is 4.68 Å². The summed E-state index contributed by atoms with van der Waals surface area (Å²) < 4.78 is 2.96. The minimum Gasteiger partial charge on any atom is -0.383 e. The van der Waals surface area contributed by atoms with E-state index in [2.05, 4.69) is 34.9 Å². The molecule has 1 atom stereocenters. The molecule has 1 aromatic heterocycles. The first-order chi connectivity index (χ1) is 6.93. The Labute approximate surface area is 99.2 Å². The highest BCUT2D eigenvalue weighted by atomic mass is 79.9. The Bertz CT molecular complexity index is 381. The fourth-order valence-electron chi connectivity index (χ4n) is 2.54. The van der Waals surface area contributed by atoms with Crippen LogP contribution < -0.4 is 5.73 Å². The lowest BCUT2D eigenvalue weighted by molar-refractivity contribution is 0.246. The summed E-state index contributed by atoms with van der Waals surface area (Å²) in [6.45, 7) is 6.59. The predicted molar refractivity (Wildman–Crippen MR) is 65.7 cm³/mol. The summed E-state index contributed by atoms with van der Waals surface area (Å²) in [7, 11) is 0. The second-order valence-corrected chi connectivity index (χ2v) is 5.92. The third-order valence-corrected chi connectivity index (χ3v) is 4.52. The highest BCUT2D eigenvalue weighted by Gasteiger charge is 2.37. The number of nitrogens with two attached hydrogens (primary N) is 1. The van der Waals surface area contributed by atoms with Crippen molar-refractivity contribution in [3.05, 3.63) is 10.2 Å². The van der Waals surface area contributed by atoms with E-state index in [4.69, 9.17) is 5.73 Å². The molecule has 0 aromatic carbocycles. The average Bonchev–Trinajstić information content (AvgIpc) is 2.61. The third-order valence-electron chi connectivity index (χ3n) is 3.54. The lowest BCUT2D eigenvalue weighted by Gasteiger charge is -2.27. The Balaban J connectivity index is 2.42. The minimum atomic E-state index is 0.312. The maximum Gasteiger partial charge on any atom is 0.136 e. The SMILES string of the molecule is Cc1nn(C2CCCC2(C)C)c(N)c1Br. The topological polar surface area (TPSA) is 43.8 Å². The molecule has 1 saturated carbocycles. The molecule has 1 aromatic rings. The van der Waals surface area contributed by atoms with Gasteiger partial charge in [-0.05, 0) is 41.1 Å². The van der Waals surface area contributed by atoms with Crippen molar-refractivity contribution in [2.45, 2.75) is 46.1 Å². The van der Waals surface area contributed by atoms with Crippen LogP contribution in [0.3, 0.4) is 0 Å². The summed E-state index contributed by atoms with van der Waals surface area (Å²) in [5.74, 6) is 0.771. The van der Waals surface area contributed by atoms with Gasteiger partial charge in [0.15, 0.2) is 0 Å². The average molecular weight is 272 g/mol. The predicted octanol–water partition coefficient (Wildman–Crippen LogP) is 3.29. The van der Waals surface area contributed by atoms with Crippen LogP contribution in [0.25, 0.3) is 0 Å². The number of nitrogen functional groups attached to an aromatic ring is 1. The molecular formula is C11H18BrN3. The summed E-state index contributed by atoms with van der Waals surface area (Å²) in [6, 6.07) is 0.447. The Hall–Kier alpha value is -0.510. The fraction of sp³-hybridized carbons (Fsp3) is 0.727. The van der Waals surface area contributed by atoms with Gasteiger partial charge in [-0.1, -0.05) is 20.3 Å². The van der Waals surface area contributed by atoms with Crippen molar-refractivity contribution in [1.29, 1.82) is 0 Å². The summed E-state index contributed by atoms with van der Waals surface area (Å²) in [5, 5.41) is 4.53. The largest absolute Gasteiger partial charge is 0.383 e. The number of nitrogens with zero attached hydrogens (tertiary/aromatic N) is 2. The van der Waals surface area contributed by atoms with E-state index in [9.17, 15) is 0 Å². The van der Waals surface area contributed by atoms with Crippen molar-refractivity contribution in [1.82, 2.24) is 9.78 Å². The van der Waals surface area contributed by atoms with Crippen LogP contribution in [0.15, 0.2) is 4.47 Å². The van der Waals surface area contributed by atoms with Crippen molar-refractivity contribution in [3.8, 4) is 0 Å². The summed E-state index contributed by atoms with van der Waals surface area (Å²) in [4.78, 5) is 0. The lowest BCUT2D eigenvalue weighted by atomic mass is 9.87. The quantitative estimate of drug-likeness (QED) is 0.852. The van der Waals surface area contributed by atoms with Crippen LogP contribution in [0.5, 0.6) is 0 Å². The Morgan fingerprint density at radius 2 is 2.20 bits per heavy atom. The van der Waals surface area contributed by atoms with Crippen LogP contribution in [-0.2, 0) is 0 Å². The smallest absolute Gasteiger partial charge is 0.136 e. The third kappa shape index (κ3) is 1.69. The van der Waals surface area contributed by atoms with Crippen LogP contribution in [0.2, 0.25) is 0 Å². The van der Waals surface area contributed by atoms with Gasteiger partial charge in [-0.2, -0.15) is 5.10 Å². The first kappa shape index (κ1) is 11.0. The molecule has 0 bridgehead atoms. The first-order valence-corrected chi connectivity index (χ1v) is 6.23. The minimum absolute atomic E-state index is 0.312. The highest BCUT2D eigenvalue weighted by molar-refractivity contribution is 9.10. The van der Waals surface area contributed by atoms with E-state index in [1.807, 2.05) is 11.6 Å². The molecule has 0 spiro atoms. The molecule has 1 unspecified atom stereocenters. The normalized spacial score (nSPS) is 24.7. The second kappa shape index (κ2) is 3.51. The van der Waals surface area contributed by atoms with Gasteiger partial charge in [-0.3, -0.25) is 0 Å². The first-order valence-electron chi connectivity index (χ1n) is 5.43. The molecule has 2 rings (SSSR count). The zero-order valence-corrected chi connectivity index (χ0v) is 11.1. The van der Waals surface area contributed by atoms with Gasteiger partial charge in [0, 0.05) is 0 Å². The number of halogens is 1. The molecule has 1 fully saturated rings. The van der Waals surface area contributed by atoms with E-state index >= 15 is 0 Å². The van der Waals surface area contributed by atoms with Gasteiger partial charge in [0.1, 0.15) is 5.82 Å². The van der Waals surface area contributed by atoms with Gasteiger partial charge in [0.25, 0.3) is 0 Å². The van der Waals surface area contributed by atoms with Crippen LogP contribution in [0.1, 0.15) is 44.8 Å². The molecule has 84 valence electrons. The molecule has 15 heavy (non-hydrogen) atoms. The molecule has 0 amide bonds. The van der Waals surface area contributed by atoms with Gasteiger partial charge in [0.05, 0.1) is 16.2 Å². The van der Waals surface area contributed by atoms with E-state index in [1.165, 1.54) is 19.3 Å². The number of hydrogen-bond acceptors (Lipinski definition) is 2. The van der Waals surface area contributed by atoms with Crippen molar-refractivity contribution in [3.63, 3.8) is 0 Å². The second-order valence-electron chi connectivity index (χ2n) is 5.13. The molecule has 0 aliphatic heterocycles. The van der Waals surface area contributed by atoms with E-state index in [0.717, 1.165) is 16.0 Å². The molecule has 1 aliphatic carbocycles. The number of hydrogen-bond donors (Lipinski definition) is 1. The number of aryl methyl sites for hydroxylation is 1. The lowest BCUT2D eigenvalue weighted by Crippen LogP contribution is -2.23. The van der Waals surface area contributed by atoms with Crippen molar-refractivity contribution in [2.24, 2.45) is 5.41 Å². The molecule has 0 radical (unpaired) electrons. The maximum absolute atomic E-state index is 6.06. The fourth-order valence-corrected chi connectivity index (χ4v) is 2.81. The molecule has 2 N–H and O–H groups in total. The van der Waals surface area contributed by atoms with Crippen LogP contribution in [0.4, 0.5) is 5.82 Å². The van der Waals surface area contributed by atoms with Crippen molar-refractivity contribution in [2.75, 3.05) is 5.73 Å². The zero-order valence-electron chi connectivity index (χ0n) is 9.55. The van der Waals surface area contributed by atoms with Gasteiger partial charge < -0.3 is 5.73 Å². The summed E-state index contributed by atoms with van der Waals surface area (Å²) in [5.41, 5.74) is 7.35. The number of rotatable bonds is 1. The highest BCUT2D eigenvalue weighted by Crippen LogP contribution is 2.47. The van der Waals surface area contributed by atoms with E-state index in [-0.39, 0.29) is 0 Å². The Kier molecular flexibility index (Phi) is 2.57. The van der Waals surface area contributed by atoms with Gasteiger partial charge in [-0.15, -0.1) is 0 Å². The van der Waals surface area contributed by atoms with Gasteiger partial charge in [0.2, 0.25) is 0 Å². The standard InChI is InChI=1S/C11H18BrN3/c1-7-9(12)10(13)15(14-7)8-5-4-6-11(8,2)3/h8H,4-6,13H2,1-3H3. The van der Waals surface area contributed by atoms with Crippen LogP contribution >= 0.6 is 15.9 Å². The molecule has 1 heterocycles. The summed E-state index contributed by atoms with van der Waals surface area (Å²) in [6.07, 6.45) is 3.71. The number of aromatic nitrogens is 2. The maximum atomic E-state index is 6.06. The van der Waals surface area contributed by atoms with Gasteiger partial charge >= 0.3 is 0 Å². The van der Waals surface area contributed by atoms with Crippen LogP contribution in [0, 0.1) is 12.3 Å². The van der Waals surface area contributed by atoms with Crippen LogP contribution in [-0.4, -0.2) is 9.78 Å². The van der Waals surface area contributed by atoms with E-state index in [1.54, 1.807) is 0 Å². The monoisotopic (exact) mass is 271 g/mol. The van der Waals surface area contributed by atoms with Crippen molar-refractivity contribution >= 4 is 21.7 Å². The molecule has 1 aliphatic rings. The number of anilines is 1. The van der Waals surface area contributed by atoms with E-state index < -0.39 is 0 Å². The molecule has 3 nitrogen and oxygen atoms in total.